The third-order valence-corrected chi connectivity index (χ3v) is 8.85. The molecule has 0 aromatic heterocycles. The van der Waals surface area contributed by atoms with Crippen LogP contribution in [0.3, 0.4) is 0 Å². The number of piperidine rings is 2. The molecule has 2 saturated heterocycles. The minimum Gasteiger partial charge on any atom is -0.493 e. The molecule has 2 fully saturated rings. The Hall–Kier alpha value is -2.09. The van der Waals surface area contributed by atoms with Gasteiger partial charge in [-0.3, -0.25) is 4.79 Å². The number of carbonyl (C=O) groups excluding carboxylic acids is 1. The van der Waals surface area contributed by atoms with Crippen molar-refractivity contribution in [3.8, 4) is 5.75 Å². The predicted octanol–water partition coefficient (Wildman–Crippen LogP) is 4.73. The summed E-state index contributed by atoms with van der Waals surface area (Å²) in [7, 11) is -3.52. The maximum Gasteiger partial charge on any atom is 0.223 e. The quantitative estimate of drug-likeness (QED) is 0.521. The maximum absolute atomic E-state index is 13.3. The number of rotatable bonds is 8. The summed E-state index contributed by atoms with van der Waals surface area (Å²) in [4.78, 5) is 15.2. The molecular formula is C26H33ClN2O4S. The van der Waals surface area contributed by atoms with E-state index in [1.165, 1.54) is 0 Å². The summed E-state index contributed by atoms with van der Waals surface area (Å²) in [5, 5.41) is 0.623. The van der Waals surface area contributed by atoms with Crippen molar-refractivity contribution in [3.05, 3.63) is 65.2 Å². The van der Waals surface area contributed by atoms with Crippen LogP contribution in [0.15, 0.2) is 54.6 Å². The van der Waals surface area contributed by atoms with Gasteiger partial charge >= 0.3 is 0 Å². The smallest absolute Gasteiger partial charge is 0.223 e. The molecule has 1 atom stereocenters. The van der Waals surface area contributed by atoms with Crippen LogP contribution in [0, 0.1) is 5.41 Å². The molecule has 6 nitrogen and oxygen atoms in total. The van der Waals surface area contributed by atoms with Gasteiger partial charge in [0.05, 0.1) is 12.4 Å². The van der Waals surface area contributed by atoms with Gasteiger partial charge in [0.1, 0.15) is 5.75 Å². The SMILES string of the molecule is O=C(C[C@]1(COc2ccc(Cl)cc2)CCCN(S(=O)(=O)Cc2ccccc2)C1)N1CCCCC1. The molecule has 0 spiro atoms. The minimum absolute atomic E-state index is 0.0396. The van der Waals surface area contributed by atoms with E-state index in [-0.39, 0.29) is 31.2 Å². The van der Waals surface area contributed by atoms with Crippen molar-refractivity contribution in [1.82, 2.24) is 9.21 Å². The molecule has 2 aromatic carbocycles. The first-order valence-corrected chi connectivity index (χ1v) is 14.0. The average Bonchev–Trinajstić information content (AvgIpc) is 2.85. The first-order chi connectivity index (χ1) is 16.4. The van der Waals surface area contributed by atoms with E-state index in [0.29, 0.717) is 23.7 Å². The van der Waals surface area contributed by atoms with Gasteiger partial charge in [0.15, 0.2) is 0 Å². The van der Waals surface area contributed by atoms with Gasteiger partial charge in [-0.05, 0) is 61.9 Å². The summed E-state index contributed by atoms with van der Waals surface area (Å²) in [5.41, 5.74) is 0.191. The van der Waals surface area contributed by atoms with Crippen molar-refractivity contribution in [2.75, 3.05) is 32.8 Å². The first kappa shape index (κ1) is 25.0. The highest BCUT2D eigenvalue weighted by Crippen LogP contribution is 2.37. The Balaban J connectivity index is 1.53. The number of hydrogen-bond acceptors (Lipinski definition) is 4. The van der Waals surface area contributed by atoms with Crippen molar-refractivity contribution in [2.24, 2.45) is 5.41 Å². The standard InChI is InChI=1S/C26H33ClN2O4S/c27-23-10-12-24(13-11-23)33-21-26(18-25(30)28-15-5-2-6-16-28)14-7-17-29(20-26)34(31,32)19-22-8-3-1-4-9-22/h1,3-4,8-13H,2,5-7,14-21H2/t26-/m1/s1. The van der Waals surface area contributed by atoms with Crippen LogP contribution in [0.2, 0.25) is 5.02 Å². The molecule has 0 aliphatic carbocycles. The molecule has 184 valence electrons. The number of amides is 1. The van der Waals surface area contributed by atoms with Crippen LogP contribution in [-0.2, 0) is 20.6 Å². The topological polar surface area (TPSA) is 66.9 Å². The minimum atomic E-state index is -3.52. The van der Waals surface area contributed by atoms with Crippen LogP contribution < -0.4 is 4.74 Å². The Kier molecular flexibility index (Phi) is 8.17. The highest BCUT2D eigenvalue weighted by molar-refractivity contribution is 7.88. The van der Waals surface area contributed by atoms with E-state index in [2.05, 4.69) is 0 Å². The van der Waals surface area contributed by atoms with Gasteiger partial charge in [-0.1, -0.05) is 41.9 Å². The Bertz CT molecular complexity index is 1060. The third-order valence-electron chi connectivity index (χ3n) is 6.81. The summed E-state index contributed by atoms with van der Waals surface area (Å²) in [5.74, 6) is 0.724. The lowest BCUT2D eigenvalue weighted by molar-refractivity contribution is -0.136. The lowest BCUT2D eigenvalue weighted by atomic mass is 9.78. The van der Waals surface area contributed by atoms with Crippen molar-refractivity contribution >= 4 is 27.5 Å². The molecule has 2 heterocycles. The third kappa shape index (κ3) is 6.52. The monoisotopic (exact) mass is 504 g/mol. The Morgan fingerprint density at radius 2 is 1.65 bits per heavy atom. The summed E-state index contributed by atoms with van der Waals surface area (Å²) >= 11 is 6.00. The zero-order valence-corrected chi connectivity index (χ0v) is 21.1. The second kappa shape index (κ2) is 11.1. The maximum atomic E-state index is 13.3. The molecule has 1 amide bonds. The van der Waals surface area contributed by atoms with Crippen LogP contribution in [0.5, 0.6) is 5.75 Å². The summed E-state index contributed by atoms with van der Waals surface area (Å²) in [6.07, 6.45) is 4.94. The number of halogens is 1. The molecule has 2 aliphatic rings. The molecule has 2 aliphatic heterocycles. The van der Waals surface area contributed by atoms with Crippen LogP contribution >= 0.6 is 11.6 Å². The van der Waals surface area contributed by atoms with Gasteiger partial charge in [0, 0.05) is 43.0 Å². The Labute approximate surface area is 207 Å². The molecule has 8 heteroatoms. The Morgan fingerprint density at radius 1 is 0.941 bits per heavy atom. The van der Waals surface area contributed by atoms with Gasteiger partial charge in [-0.25, -0.2) is 12.7 Å². The number of benzene rings is 2. The fourth-order valence-electron chi connectivity index (χ4n) is 4.93. The van der Waals surface area contributed by atoms with Crippen molar-refractivity contribution in [2.45, 2.75) is 44.3 Å². The van der Waals surface area contributed by atoms with E-state index in [4.69, 9.17) is 16.3 Å². The number of carbonyl (C=O) groups is 1. The van der Waals surface area contributed by atoms with Gasteiger partial charge in [0.2, 0.25) is 15.9 Å². The normalized spacial score (nSPS) is 21.9. The van der Waals surface area contributed by atoms with Gasteiger partial charge < -0.3 is 9.64 Å². The number of sulfonamides is 1. The number of likely N-dealkylation sites (tertiary alicyclic amines) is 1. The van der Waals surface area contributed by atoms with E-state index in [9.17, 15) is 13.2 Å². The molecule has 0 N–H and O–H groups in total. The summed E-state index contributed by atoms with van der Waals surface area (Å²) in [6, 6.07) is 16.4. The zero-order valence-electron chi connectivity index (χ0n) is 19.5. The number of nitrogens with zero attached hydrogens (tertiary/aromatic N) is 2. The van der Waals surface area contributed by atoms with Crippen molar-refractivity contribution in [3.63, 3.8) is 0 Å². The van der Waals surface area contributed by atoms with Crippen LogP contribution in [-0.4, -0.2) is 56.3 Å². The lowest BCUT2D eigenvalue weighted by Gasteiger charge is -2.42. The number of ether oxygens (including phenoxy) is 1. The molecule has 0 unspecified atom stereocenters. The van der Waals surface area contributed by atoms with E-state index in [0.717, 1.165) is 44.3 Å². The number of hydrogen-bond donors (Lipinski definition) is 0. The highest BCUT2D eigenvalue weighted by Gasteiger charge is 2.42. The van der Waals surface area contributed by atoms with Gasteiger partial charge in [0.25, 0.3) is 0 Å². The highest BCUT2D eigenvalue weighted by atomic mass is 35.5. The molecule has 0 bridgehead atoms. The molecule has 0 saturated carbocycles. The van der Waals surface area contributed by atoms with E-state index in [1.54, 1.807) is 28.6 Å². The van der Waals surface area contributed by atoms with E-state index in [1.807, 2.05) is 35.2 Å². The van der Waals surface area contributed by atoms with Crippen molar-refractivity contribution in [1.29, 1.82) is 0 Å². The molecular weight excluding hydrogens is 472 g/mol. The van der Waals surface area contributed by atoms with Crippen LogP contribution in [0.25, 0.3) is 0 Å². The fraction of sp³-hybridized carbons (Fsp3) is 0.500. The van der Waals surface area contributed by atoms with E-state index < -0.39 is 15.4 Å². The van der Waals surface area contributed by atoms with Gasteiger partial charge in [-0.15, -0.1) is 0 Å². The average molecular weight is 505 g/mol. The largest absolute Gasteiger partial charge is 0.493 e. The summed E-state index contributed by atoms with van der Waals surface area (Å²) < 4.78 is 34.3. The predicted molar refractivity (Wildman–Crippen MR) is 134 cm³/mol. The summed E-state index contributed by atoms with van der Waals surface area (Å²) in [6.45, 7) is 2.60. The Morgan fingerprint density at radius 3 is 2.35 bits per heavy atom. The first-order valence-electron chi connectivity index (χ1n) is 12.0. The second-order valence-electron chi connectivity index (χ2n) is 9.54. The fourth-order valence-corrected chi connectivity index (χ4v) is 6.73. The van der Waals surface area contributed by atoms with Crippen LogP contribution in [0.4, 0.5) is 0 Å². The van der Waals surface area contributed by atoms with Crippen molar-refractivity contribution < 1.29 is 17.9 Å². The van der Waals surface area contributed by atoms with E-state index >= 15 is 0 Å². The zero-order chi connectivity index (χ0) is 24.0. The molecule has 34 heavy (non-hydrogen) atoms. The second-order valence-corrected chi connectivity index (χ2v) is 11.9. The molecule has 2 aromatic rings. The molecule has 4 rings (SSSR count). The van der Waals surface area contributed by atoms with Crippen LogP contribution in [0.1, 0.15) is 44.1 Å². The lowest BCUT2D eigenvalue weighted by Crippen LogP contribution is -2.51. The molecule has 0 radical (unpaired) electrons. The van der Waals surface area contributed by atoms with Gasteiger partial charge in [-0.2, -0.15) is 0 Å².